The van der Waals surface area contributed by atoms with Crippen molar-refractivity contribution in [2.24, 2.45) is 5.92 Å². The Morgan fingerprint density at radius 2 is 2.15 bits per heavy atom. The molecule has 0 spiro atoms. The molecule has 2 fully saturated rings. The van der Waals surface area contributed by atoms with Gasteiger partial charge in [0.1, 0.15) is 0 Å². The lowest BCUT2D eigenvalue weighted by Crippen LogP contribution is -2.47. The Balaban J connectivity index is 2.14. The molecule has 1 heterocycles. The van der Waals surface area contributed by atoms with E-state index in [1.54, 1.807) is 0 Å². The highest BCUT2D eigenvalue weighted by molar-refractivity contribution is 7.99. The molecule has 20 heavy (non-hydrogen) atoms. The Hall–Kier alpha value is -0.220. The minimum absolute atomic E-state index is 0.0619. The number of rotatable bonds is 6. The van der Waals surface area contributed by atoms with Crippen LogP contribution < -0.4 is 5.32 Å². The zero-order valence-electron chi connectivity index (χ0n) is 13.4. The minimum atomic E-state index is 0.0619. The van der Waals surface area contributed by atoms with E-state index in [0.717, 1.165) is 19.3 Å². The van der Waals surface area contributed by atoms with Crippen molar-refractivity contribution in [1.82, 2.24) is 10.2 Å². The summed E-state index contributed by atoms with van der Waals surface area (Å²) in [6, 6.07) is 0.516. The molecule has 1 amide bonds. The number of nitrogens with one attached hydrogen (secondary N) is 1. The highest BCUT2D eigenvalue weighted by Crippen LogP contribution is 2.36. The molecule has 3 nitrogen and oxygen atoms in total. The van der Waals surface area contributed by atoms with E-state index >= 15 is 0 Å². The van der Waals surface area contributed by atoms with Crippen molar-refractivity contribution in [2.45, 2.75) is 82.8 Å². The molecule has 1 N–H and O–H groups in total. The molecule has 4 heteroatoms. The number of hydrogen-bond acceptors (Lipinski definition) is 3. The standard InChI is InChI=1S/C16H30N2OS/c1-5-7-12-16(19)18(15(17-12)10-11(2)3)13-8-6-9-14(13)20-4/h11-15,17H,5-10H2,1-4H3. The largest absolute Gasteiger partial charge is 0.322 e. The lowest BCUT2D eigenvalue weighted by molar-refractivity contribution is -0.132. The summed E-state index contributed by atoms with van der Waals surface area (Å²) in [5, 5.41) is 4.25. The maximum absolute atomic E-state index is 12.8. The third-order valence-corrected chi connectivity index (χ3v) is 5.79. The topological polar surface area (TPSA) is 32.3 Å². The summed E-state index contributed by atoms with van der Waals surface area (Å²) in [5.41, 5.74) is 0. The van der Waals surface area contributed by atoms with E-state index in [4.69, 9.17) is 0 Å². The van der Waals surface area contributed by atoms with Crippen molar-refractivity contribution < 1.29 is 4.79 Å². The van der Waals surface area contributed by atoms with Crippen LogP contribution in [0.4, 0.5) is 0 Å². The molecule has 1 saturated carbocycles. The van der Waals surface area contributed by atoms with Crippen LogP contribution in [0.1, 0.15) is 59.3 Å². The highest BCUT2D eigenvalue weighted by Gasteiger charge is 2.45. The molecule has 2 aliphatic rings. The van der Waals surface area contributed by atoms with Crippen LogP contribution in [-0.2, 0) is 4.79 Å². The van der Waals surface area contributed by atoms with Gasteiger partial charge in [-0.25, -0.2) is 0 Å². The van der Waals surface area contributed by atoms with Gasteiger partial charge < -0.3 is 4.90 Å². The number of nitrogens with zero attached hydrogens (tertiary/aromatic N) is 1. The smallest absolute Gasteiger partial charge is 0.241 e. The normalized spacial score (nSPS) is 34.5. The van der Waals surface area contributed by atoms with Crippen molar-refractivity contribution in [1.29, 1.82) is 0 Å². The Morgan fingerprint density at radius 3 is 2.75 bits per heavy atom. The van der Waals surface area contributed by atoms with Crippen molar-refractivity contribution in [3.05, 3.63) is 0 Å². The van der Waals surface area contributed by atoms with Crippen LogP contribution in [0.15, 0.2) is 0 Å². The molecule has 0 bridgehead atoms. The van der Waals surface area contributed by atoms with E-state index in [2.05, 4.69) is 37.2 Å². The Labute approximate surface area is 128 Å². The lowest BCUT2D eigenvalue weighted by atomic mass is 10.1. The van der Waals surface area contributed by atoms with Gasteiger partial charge in [0.15, 0.2) is 0 Å². The molecule has 0 aromatic heterocycles. The van der Waals surface area contributed by atoms with Gasteiger partial charge in [-0.05, 0) is 37.9 Å². The van der Waals surface area contributed by atoms with E-state index in [0.29, 0.717) is 23.1 Å². The van der Waals surface area contributed by atoms with Crippen LogP contribution in [-0.4, -0.2) is 40.6 Å². The zero-order chi connectivity index (χ0) is 14.7. The van der Waals surface area contributed by atoms with E-state index in [9.17, 15) is 4.79 Å². The van der Waals surface area contributed by atoms with Gasteiger partial charge >= 0.3 is 0 Å². The SMILES string of the molecule is CCCC1NC(CC(C)C)N(C2CCCC2SC)C1=O. The van der Waals surface area contributed by atoms with Gasteiger partial charge in [0.05, 0.1) is 12.2 Å². The average molecular weight is 298 g/mol. The second-order valence-electron chi connectivity index (χ2n) is 6.67. The zero-order valence-corrected chi connectivity index (χ0v) is 14.2. The van der Waals surface area contributed by atoms with E-state index in [1.807, 2.05) is 11.8 Å². The maximum atomic E-state index is 12.8. The monoisotopic (exact) mass is 298 g/mol. The molecule has 2 rings (SSSR count). The summed E-state index contributed by atoms with van der Waals surface area (Å²) < 4.78 is 0. The van der Waals surface area contributed by atoms with E-state index in [1.165, 1.54) is 19.3 Å². The average Bonchev–Trinajstić information content (AvgIpc) is 2.95. The van der Waals surface area contributed by atoms with Gasteiger partial charge in [-0.3, -0.25) is 10.1 Å². The number of amides is 1. The molecule has 4 atom stereocenters. The Morgan fingerprint density at radius 1 is 1.40 bits per heavy atom. The third-order valence-electron chi connectivity index (χ3n) is 4.63. The number of carbonyl (C=O) groups excluding carboxylic acids is 1. The summed E-state index contributed by atoms with van der Waals surface area (Å²) in [4.78, 5) is 15.0. The highest BCUT2D eigenvalue weighted by atomic mass is 32.2. The summed E-state index contributed by atoms with van der Waals surface area (Å²) >= 11 is 1.94. The van der Waals surface area contributed by atoms with Gasteiger partial charge in [-0.1, -0.05) is 33.6 Å². The van der Waals surface area contributed by atoms with Crippen molar-refractivity contribution in [3.63, 3.8) is 0 Å². The second-order valence-corrected chi connectivity index (χ2v) is 7.75. The number of carbonyl (C=O) groups is 1. The van der Waals surface area contributed by atoms with Crippen molar-refractivity contribution in [2.75, 3.05) is 6.26 Å². The molecule has 0 aromatic carbocycles. The minimum Gasteiger partial charge on any atom is -0.322 e. The predicted molar refractivity (Wildman–Crippen MR) is 86.9 cm³/mol. The first kappa shape index (κ1) is 16.2. The summed E-state index contributed by atoms with van der Waals surface area (Å²) in [6.07, 6.45) is 9.29. The molecule has 1 aliphatic heterocycles. The van der Waals surface area contributed by atoms with Crippen LogP contribution in [0.3, 0.4) is 0 Å². The lowest BCUT2D eigenvalue weighted by Gasteiger charge is -2.34. The number of thioether (sulfide) groups is 1. The quantitative estimate of drug-likeness (QED) is 0.817. The van der Waals surface area contributed by atoms with Crippen LogP contribution in [0.2, 0.25) is 0 Å². The van der Waals surface area contributed by atoms with Crippen LogP contribution in [0, 0.1) is 5.92 Å². The molecule has 0 radical (unpaired) electrons. The molecule has 4 unspecified atom stereocenters. The number of hydrogen-bond donors (Lipinski definition) is 1. The summed E-state index contributed by atoms with van der Waals surface area (Å²) in [7, 11) is 0. The molecule has 116 valence electrons. The van der Waals surface area contributed by atoms with Gasteiger partial charge in [0.25, 0.3) is 0 Å². The molecule has 1 saturated heterocycles. The van der Waals surface area contributed by atoms with Crippen LogP contribution in [0.25, 0.3) is 0 Å². The van der Waals surface area contributed by atoms with Crippen LogP contribution >= 0.6 is 11.8 Å². The first-order valence-electron chi connectivity index (χ1n) is 8.19. The van der Waals surface area contributed by atoms with Crippen molar-refractivity contribution >= 4 is 17.7 Å². The van der Waals surface area contributed by atoms with Gasteiger partial charge in [0.2, 0.25) is 5.91 Å². The molecular formula is C16H30N2OS. The summed E-state index contributed by atoms with van der Waals surface area (Å²) in [6.45, 7) is 6.66. The fraction of sp³-hybridized carbons (Fsp3) is 0.938. The first-order chi connectivity index (χ1) is 9.58. The maximum Gasteiger partial charge on any atom is 0.241 e. The van der Waals surface area contributed by atoms with Gasteiger partial charge in [0, 0.05) is 11.3 Å². The van der Waals surface area contributed by atoms with Gasteiger partial charge in [-0.15, -0.1) is 0 Å². The predicted octanol–water partition coefficient (Wildman–Crippen LogP) is 3.24. The van der Waals surface area contributed by atoms with Crippen molar-refractivity contribution in [3.8, 4) is 0 Å². The second kappa shape index (κ2) is 7.17. The fourth-order valence-electron chi connectivity index (χ4n) is 3.74. The Kier molecular flexibility index (Phi) is 5.79. The molecule has 0 aromatic rings. The van der Waals surface area contributed by atoms with E-state index in [-0.39, 0.29) is 12.2 Å². The fourth-order valence-corrected chi connectivity index (χ4v) is 4.72. The van der Waals surface area contributed by atoms with E-state index < -0.39 is 0 Å². The molecular weight excluding hydrogens is 268 g/mol. The third kappa shape index (κ3) is 3.33. The first-order valence-corrected chi connectivity index (χ1v) is 9.48. The van der Waals surface area contributed by atoms with Crippen LogP contribution in [0.5, 0.6) is 0 Å². The Bertz CT molecular complexity index is 334. The van der Waals surface area contributed by atoms with Gasteiger partial charge in [-0.2, -0.15) is 11.8 Å². The molecule has 1 aliphatic carbocycles. The summed E-state index contributed by atoms with van der Waals surface area (Å²) in [5.74, 6) is 0.987.